The van der Waals surface area contributed by atoms with Gasteiger partial charge in [0.15, 0.2) is 0 Å². The van der Waals surface area contributed by atoms with E-state index in [0.29, 0.717) is 48.6 Å². The number of nitrogen functional groups attached to an aromatic ring is 1. The number of ether oxygens (including phenoxy) is 1. The number of nitrogens with one attached hydrogen (secondary N) is 2. The average molecular weight is 588 g/mol. The molecule has 43 heavy (non-hydrogen) atoms. The number of nitrogens with zero attached hydrogens (tertiary/aromatic N) is 4. The Labute approximate surface area is 246 Å². The Morgan fingerprint density at radius 2 is 1.98 bits per heavy atom. The molecule has 0 radical (unpaired) electrons. The Bertz CT molecular complexity index is 1690. The lowest BCUT2D eigenvalue weighted by atomic mass is 10.1. The molecule has 2 aliphatic rings. The molecule has 12 heteroatoms. The van der Waals surface area contributed by atoms with Crippen LogP contribution in [0.5, 0.6) is 0 Å². The number of pyridine rings is 1. The third-order valence-electron chi connectivity index (χ3n) is 7.79. The molecule has 2 bridgehead atoms. The molecular weight excluding hydrogens is 556 g/mol. The summed E-state index contributed by atoms with van der Waals surface area (Å²) in [5.41, 5.74) is 9.41. The Hall–Kier alpha value is -4.71. The van der Waals surface area contributed by atoms with Gasteiger partial charge in [-0.1, -0.05) is 18.2 Å². The molecule has 10 nitrogen and oxygen atoms in total. The molecule has 4 heterocycles. The summed E-state index contributed by atoms with van der Waals surface area (Å²) in [4.78, 5) is 38.8. The maximum atomic E-state index is 13.1. The topological polar surface area (TPSA) is 137 Å². The quantitative estimate of drug-likeness (QED) is 0.301. The molecule has 0 spiro atoms. The zero-order valence-corrected chi connectivity index (χ0v) is 23.3. The van der Waals surface area contributed by atoms with E-state index in [9.17, 15) is 18.4 Å². The lowest BCUT2D eigenvalue weighted by Gasteiger charge is -2.14. The van der Waals surface area contributed by atoms with Crippen LogP contribution in [-0.2, 0) is 9.53 Å². The van der Waals surface area contributed by atoms with Crippen LogP contribution in [0.15, 0.2) is 54.9 Å². The van der Waals surface area contributed by atoms with Crippen molar-refractivity contribution in [3.05, 3.63) is 77.5 Å². The number of carbonyl (C=O) groups excluding carboxylic acids is 2. The molecule has 1 aromatic carbocycles. The molecule has 6 rings (SSSR count). The average Bonchev–Trinajstić information content (AvgIpc) is 3.63. The maximum absolute atomic E-state index is 13.1. The third-order valence-corrected chi connectivity index (χ3v) is 7.79. The van der Waals surface area contributed by atoms with Crippen LogP contribution >= 0.6 is 0 Å². The van der Waals surface area contributed by atoms with Gasteiger partial charge in [0.05, 0.1) is 25.1 Å². The summed E-state index contributed by atoms with van der Waals surface area (Å²) in [5.74, 6) is 0.796. The Kier molecular flexibility index (Phi) is 8.10. The Morgan fingerprint density at radius 1 is 1.14 bits per heavy atom. The van der Waals surface area contributed by atoms with E-state index in [0.717, 1.165) is 42.4 Å². The van der Waals surface area contributed by atoms with Crippen molar-refractivity contribution in [2.75, 3.05) is 24.3 Å². The van der Waals surface area contributed by atoms with Gasteiger partial charge in [-0.25, -0.2) is 23.7 Å². The van der Waals surface area contributed by atoms with Gasteiger partial charge < -0.3 is 21.1 Å². The minimum Gasteiger partial charge on any atom is -0.382 e. The van der Waals surface area contributed by atoms with Crippen molar-refractivity contribution in [3.8, 4) is 11.3 Å². The predicted octanol–water partition coefficient (Wildman–Crippen LogP) is 5.14. The fourth-order valence-corrected chi connectivity index (χ4v) is 5.67. The molecule has 1 aliphatic heterocycles. The molecule has 3 aromatic heterocycles. The molecule has 2 amide bonds. The maximum Gasteiger partial charge on any atom is 0.264 e. The highest BCUT2D eigenvalue weighted by Crippen LogP contribution is 2.39. The number of hydrogen-bond acceptors (Lipinski definition) is 7. The number of imidazole rings is 1. The number of carbonyl (C=O) groups is 2. The predicted molar refractivity (Wildman–Crippen MR) is 158 cm³/mol. The van der Waals surface area contributed by atoms with Gasteiger partial charge in [-0.05, 0) is 56.0 Å². The van der Waals surface area contributed by atoms with Crippen LogP contribution in [0.2, 0.25) is 0 Å². The second-order valence-electron chi connectivity index (χ2n) is 10.7. The summed E-state index contributed by atoms with van der Waals surface area (Å²) < 4.78 is 33.8. The van der Waals surface area contributed by atoms with Crippen LogP contribution in [0.3, 0.4) is 0 Å². The van der Waals surface area contributed by atoms with Crippen molar-refractivity contribution in [2.45, 2.75) is 50.5 Å². The van der Waals surface area contributed by atoms with E-state index in [1.165, 1.54) is 12.3 Å². The first-order valence-electron chi connectivity index (χ1n) is 14.2. The molecule has 1 fully saturated rings. The fraction of sp³-hybridized carbons (Fsp3) is 0.323. The van der Waals surface area contributed by atoms with Crippen LogP contribution in [0.1, 0.15) is 71.9 Å². The highest BCUT2D eigenvalue weighted by molar-refractivity contribution is 6.04. The van der Waals surface area contributed by atoms with E-state index in [1.54, 1.807) is 30.5 Å². The lowest BCUT2D eigenvalue weighted by Crippen LogP contribution is -2.33. The summed E-state index contributed by atoms with van der Waals surface area (Å²) in [6, 6.07) is 9.22. The highest BCUT2D eigenvalue weighted by atomic mass is 19.3. The van der Waals surface area contributed by atoms with E-state index in [4.69, 9.17) is 15.5 Å². The van der Waals surface area contributed by atoms with Crippen LogP contribution in [0.4, 0.5) is 20.4 Å². The number of halogens is 2. The number of benzene rings is 1. The minimum absolute atomic E-state index is 0.0134. The summed E-state index contributed by atoms with van der Waals surface area (Å²) in [6.45, 7) is 0.884. The first-order chi connectivity index (χ1) is 20.9. The van der Waals surface area contributed by atoms with Crippen molar-refractivity contribution in [3.63, 3.8) is 0 Å². The van der Waals surface area contributed by atoms with E-state index < -0.39 is 12.3 Å². The molecule has 4 N–H and O–H groups in total. The normalized spacial score (nSPS) is 19.9. The van der Waals surface area contributed by atoms with Gasteiger partial charge in [0.1, 0.15) is 28.7 Å². The molecule has 4 aromatic rings. The molecule has 0 saturated heterocycles. The summed E-state index contributed by atoms with van der Waals surface area (Å²) >= 11 is 0. The zero-order valence-electron chi connectivity index (χ0n) is 23.3. The van der Waals surface area contributed by atoms with Gasteiger partial charge in [-0.2, -0.15) is 0 Å². The second-order valence-corrected chi connectivity index (χ2v) is 10.7. The Balaban J connectivity index is 1.35. The van der Waals surface area contributed by atoms with Gasteiger partial charge >= 0.3 is 0 Å². The van der Waals surface area contributed by atoms with E-state index in [-0.39, 0.29) is 29.2 Å². The van der Waals surface area contributed by atoms with Crippen molar-refractivity contribution in [1.82, 2.24) is 24.7 Å². The van der Waals surface area contributed by atoms with Gasteiger partial charge in [0.25, 0.3) is 12.3 Å². The monoisotopic (exact) mass is 587 g/mol. The molecular formula is C31H31F2N7O3. The molecule has 0 unspecified atom stereocenters. The molecule has 1 aliphatic carbocycles. The third kappa shape index (κ3) is 6.09. The van der Waals surface area contributed by atoms with Gasteiger partial charge in [0.2, 0.25) is 5.91 Å². The number of amides is 2. The molecule has 1 saturated carbocycles. The highest BCUT2D eigenvalue weighted by Gasteiger charge is 2.32. The summed E-state index contributed by atoms with van der Waals surface area (Å²) in [6.07, 6.45) is 7.72. The van der Waals surface area contributed by atoms with Crippen LogP contribution in [0, 0.1) is 0 Å². The SMILES string of the molecule is Nc1ncc2n3c(nc(-c4ccc(C(=O)Nc5cc(C(F)F)ccn5)cc4)c13)[C@@H]1CC[C@H](C1)NC(=O)CCOCC/C=C/2. The van der Waals surface area contributed by atoms with E-state index in [1.807, 2.05) is 16.6 Å². The number of nitrogens with two attached hydrogens (primary N) is 1. The second kappa shape index (κ2) is 12.3. The fourth-order valence-electron chi connectivity index (χ4n) is 5.67. The number of fused-ring (bicyclic) bond motifs is 3. The van der Waals surface area contributed by atoms with Crippen LogP contribution < -0.4 is 16.4 Å². The van der Waals surface area contributed by atoms with Crippen LogP contribution in [-0.4, -0.2) is 50.4 Å². The first kappa shape index (κ1) is 28.4. The lowest BCUT2D eigenvalue weighted by molar-refractivity contribution is -0.122. The molecule has 2 atom stereocenters. The standard InChI is InChI=1S/C31H31F2N7O3/c32-28(33)20-10-12-35-24(16-20)38-31(42)19-6-4-18(5-7-19)26-27-29(34)36-17-23-3-1-2-13-43-14-11-25(41)37-22-9-8-21(15-22)30(39-26)40(23)27/h1,3-7,10,12,16-17,21-22,28H,2,8-9,11,13-15H2,(H2,34,36)(H,37,41)(H,35,38,42)/b3-1+/t21-,22-/m1/s1. The first-order valence-corrected chi connectivity index (χ1v) is 14.2. The smallest absolute Gasteiger partial charge is 0.264 e. The summed E-state index contributed by atoms with van der Waals surface area (Å²) in [5, 5.41) is 5.71. The largest absolute Gasteiger partial charge is 0.382 e. The van der Waals surface area contributed by atoms with Crippen molar-refractivity contribution in [2.24, 2.45) is 0 Å². The van der Waals surface area contributed by atoms with Crippen molar-refractivity contribution < 1.29 is 23.1 Å². The number of alkyl halides is 2. The Morgan fingerprint density at radius 3 is 2.79 bits per heavy atom. The van der Waals surface area contributed by atoms with Gasteiger partial charge in [0, 0.05) is 41.3 Å². The van der Waals surface area contributed by atoms with E-state index in [2.05, 4.69) is 20.6 Å². The number of rotatable bonds is 4. The summed E-state index contributed by atoms with van der Waals surface area (Å²) in [7, 11) is 0. The molecule has 222 valence electrons. The number of anilines is 2. The minimum atomic E-state index is -2.67. The zero-order chi connectivity index (χ0) is 29.9. The van der Waals surface area contributed by atoms with Gasteiger partial charge in [-0.15, -0.1) is 0 Å². The van der Waals surface area contributed by atoms with Crippen molar-refractivity contribution >= 4 is 35.0 Å². The van der Waals surface area contributed by atoms with Crippen LogP contribution in [0.25, 0.3) is 22.9 Å². The van der Waals surface area contributed by atoms with Crippen molar-refractivity contribution in [1.29, 1.82) is 0 Å². The van der Waals surface area contributed by atoms with E-state index >= 15 is 0 Å². The number of hydrogen-bond donors (Lipinski definition) is 3. The van der Waals surface area contributed by atoms with Gasteiger partial charge in [-0.3, -0.25) is 14.0 Å². The number of aromatic nitrogens is 4.